The highest BCUT2D eigenvalue weighted by Crippen LogP contribution is 2.15. The monoisotopic (exact) mass is 337 g/mol. The first-order chi connectivity index (χ1) is 10.9. The molecule has 0 spiro atoms. The third-order valence-electron chi connectivity index (χ3n) is 3.02. The van der Waals surface area contributed by atoms with Crippen LogP contribution in [0.3, 0.4) is 0 Å². The summed E-state index contributed by atoms with van der Waals surface area (Å²) in [6.07, 6.45) is 0. The van der Waals surface area contributed by atoms with Crippen LogP contribution in [-0.2, 0) is 10.0 Å². The second-order valence-electron chi connectivity index (χ2n) is 4.64. The largest absolute Gasteiger partial charge is 0.494 e. The second-order valence-corrected chi connectivity index (χ2v) is 6.37. The van der Waals surface area contributed by atoms with Gasteiger partial charge in [-0.3, -0.25) is 4.79 Å². The lowest BCUT2D eigenvalue weighted by molar-refractivity contribution is 0.0996. The number of sulfonamides is 1. The van der Waals surface area contributed by atoms with Gasteiger partial charge < -0.3 is 4.74 Å². The minimum Gasteiger partial charge on any atom is -0.494 e. The van der Waals surface area contributed by atoms with Gasteiger partial charge in [0.15, 0.2) is 5.78 Å². The molecule has 0 saturated heterocycles. The molecule has 0 aliphatic heterocycles. The summed E-state index contributed by atoms with van der Waals surface area (Å²) in [4.78, 5) is 11.6. The van der Waals surface area contributed by atoms with Crippen molar-refractivity contribution in [3.63, 3.8) is 0 Å². The Morgan fingerprint density at radius 2 is 1.91 bits per heavy atom. The predicted octanol–water partition coefficient (Wildman–Crippen LogP) is 2.39. The molecule has 0 fully saturated rings. The molecular weight excluding hydrogens is 321 g/mol. The van der Waals surface area contributed by atoms with Crippen molar-refractivity contribution in [1.82, 2.24) is 4.72 Å². The lowest BCUT2D eigenvalue weighted by Crippen LogP contribution is -2.30. The molecule has 23 heavy (non-hydrogen) atoms. The summed E-state index contributed by atoms with van der Waals surface area (Å²) in [6.45, 7) is 1.81. The molecule has 2 aromatic rings. The molecule has 122 valence electrons. The summed E-state index contributed by atoms with van der Waals surface area (Å²) in [5.74, 6) is -0.785. The van der Waals surface area contributed by atoms with Crippen molar-refractivity contribution in [2.45, 2.75) is 11.8 Å². The van der Waals surface area contributed by atoms with Gasteiger partial charge in [-0.15, -0.1) is 0 Å². The zero-order chi connectivity index (χ0) is 16.9. The van der Waals surface area contributed by atoms with Crippen LogP contribution < -0.4 is 9.46 Å². The maximum atomic E-state index is 13.5. The maximum Gasteiger partial charge on any atom is 0.243 e. The number of benzene rings is 2. The van der Waals surface area contributed by atoms with Crippen LogP contribution >= 0.6 is 0 Å². The molecule has 5 nitrogen and oxygen atoms in total. The molecule has 0 atom stereocenters. The van der Waals surface area contributed by atoms with Crippen LogP contribution in [0.15, 0.2) is 53.4 Å². The van der Waals surface area contributed by atoms with Crippen molar-refractivity contribution >= 4 is 15.8 Å². The molecule has 0 bridgehead atoms. The van der Waals surface area contributed by atoms with Crippen molar-refractivity contribution in [3.05, 3.63) is 59.9 Å². The smallest absolute Gasteiger partial charge is 0.243 e. The fourth-order valence-electron chi connectivity index (χ4n) is 1.93. The number of Topliss-reactive ketones (excluding diaryl/α,β-unsaturated/α-hetero) is 1. The number of hydrogen-bond acceptors (Lipinski definition) is 4. The number of hydrogen-bond donors (Lipinski definition) is 1. The van der Waals surface area contributed by atoms with Gasteiger partial charge in [-0.25, -0.2) is 17.5 Å². The third-order valence-corrected chi connectivity index (χ3v) is 4.45. The van der Waals surface area contributed by atoms with Crippen LogP contribution in [0.25, 0.3) is 0 Å². The number of carbonyl (C=O) groups excluding carboxylic acids is 1. The van der Waals surface area contributed by atoms with E-state index in [1.807, 2.05) is 6.92 Å². The van der Waals surface area contributed by atoms with E-state index in [1.54, 1.807) is 18.2 Å². The Bertz CT molecular complexity index is 805. The molecule has 7 heteroatoms. The SMILES string of the molecule is CCOc1cccc(C(=O)CNS(=O)(=O)c2ccccc2F)c1. The molecule has 0 aliphatic rings. The topological polar surface area (TPSA) is 72.5 Å². The van der Waals surface area contributed by atoms with Crippen LogP contribution in [0.4, 0.5) is 4.39 Å². The van der Waals surface area contributed by atoms with Crippen molar-refractivity contribution in [2.75, 3.05) is 13.2 Å². The Balaban J connectivity index is 2.10. The van der Waals surface area contributed by atoms with Crippen LogP contribution in [0.2, 0.25) is 0 Å². The molecule has 1 N–H and O–H groups in total. The van der Waals surface area contributed by atoms with E-state index in [1.165, 1.54) is 18.2 Å². The first kappa shape index (κ1) is 17.1. The van der Waals surface area contributed by atoms with Crippen molar-refractivity contribution in [3.8, 4) is 5.75 Å². The van der Waals surface area contributed by atoms with Gasteiger partial charge in [0.05, 0.1) is 13.2 Å². The quantitative estimate of drug-likeness (QED) is 0.788. The average Bonchev–Trinajstić information content (AvgIpc) is 2.53. The van der Waals surface area contributed by atoms with Crippen LogP contribution in [-0.4, -0.2) is 27.4 Å². The Kier molecular flexibility index (Phi) is 5.46. The molecule has 0 unspecified atom stereocenters. The van der Waals surface area contributed by atoms with Gasteiger partial charge in [0.25, 0.3) is 0 Å². The third kappa shape index (κ3) is 4.37. The average molecular weight is 337 g/mol. The molecule has 0 saturated carbocycles. The van der Waals surface area contributed by atoms with E-state index in [2.05, 4.69) is 4.72 Å². The van der Waals surface area contributed by atoms with E-state index < -0.39 is 33.1 Å². The highest BCUT2D eigenvalue weighted by Gasteiger charge is 2.19. The number of nitrogens with one attached hydrogen (secondary N) is 1. The maximum absolute atomic E-state index is 13.5. The highest BCUT2D eigenvalue weighted by atomic mass is 32.2. The van der Waals surface area contributed by atoms with Crippen molar-refractivity contribution in [1.29, 1.82) is 0 Å². The lowest BCUT2D eigenvalue weighted by Gasteiger charge is -2.08. The van der Waals surface area contributed by atoms with Gasteiger partial charge in [0.1, 0.15) is 16.5 Å². The molecule has 2 rings (SSSR count). The number of halogens is 1. The molecular formula is C16H16FNO4S. The molecule has 0 radical (unpaired) electrons. The van der Waals surface area contributed by atoms with Gasteiger partial charge in [0.2, 0.25) is 10.0 Å². The normalized spacial score (nSPS) is 11.2. The van der Waals surface area contributed by atoms with E-state index >= 15 is 0 Å². The van der Waals surface area contributed by atoms with E-state index in [4.69, 9.17) is 4.74 Å². The number of carbonyl (C=O) groups is 1. The van der Waals surface area contributed by atoms with Crippen LogP contribution in [0.5, 0.6) is 5.75 Å². The zero-order valence-electron chi connectivity index (χ0n) is 12.5. The fourth-order valence-corrected chi connectivity index (χ4v) is 2.99. The lowest BCUT2D eigenvalue weighted by atomic mass is 10.1. The Morgan fingerprint density at radius 3 is 2.61 bits per heavy atom. The van der Waals surface area contributed by atoms with Gasteiger partial charge in [0, 0.05) is 5.56 Å². The van der Waals surface area contributed by atoms with Gasteiger partial charge in [-0.1, -0.05) is 24.3 Å². The number of ether oxygens (including phenoxy) is 1. The van der Waals surface area contributed by atoms with Gasteiger partial charge in [-0.2, -0.15) is 0 Å². The first-order valence-electron chi connectivity index (χ1n) is 6.94. The molecule has 0 aliphatic carbocycles. The minimum atomic E-state index is -4.09. The molecule has 0 amide bonds. The van der Waals surface area contributed by atoms with E-state index in [0.717, 1.165) is 12.1 Å². The van der Waals surface area contributed by atoms with Crippen LogP contribution in [0, 0.1) is 5.82 Å². The summed E-state index contributed by atoms with van der Waals surface area (Å²) in [7, 11) is -4.09. The second kappa shape index (κ2) is 7.34. The standard InChI is InChI=1S/C16H16FNO4S/c1-2-22-13-7-5-6-12(10-13)15(19)11-18-23(20,21)16-9-4-3-8-14(16)17/h3-10,18H,2,11H2,1H3. The highest BCUT2D eigenvalue weighted by molar-refractivity contribution is 7.89. The minimum absolute atomic E-state index is 0.312. The van der Waals surface area contributed by atoms with E-state index in [9.17, 15) is 17.6 Å². The molecule has 0 aromatic heterocycles. The van der Waals surface area contributed by atoms with E-state index in [-0.39, 0.29) is 0 Å². The molecule has 2 aromatic carbocycles. The van der Waals surface area contributed by atoms with E-state index in [0.29, 0.717) is 17.9 Å². The predicted molar refractivity (Wildman–Crippen MR) is 83.5 cm³/mol. The van der Waals surface area contributed by atoms with Crippen molar-refractivity contribution < 1.29 is 22.3 Å². The summed E-state index contributed by atoms with van der Waals surface area (Å²) in [5.41, 5.74) is 0.312. The summed E-state index contributed by atoms with van der Waals surface area (Å²) < 4.78 is 45.0. The van der Waals surface area contributed by atoms with Gasteiger partial charge in [-0.05, 0) is 31.2 Å². The first-order valence-corrected chi connectivity index (χ1v) is 8.42. The van der Waals surface area contributed by atoms with Crippen LogP contribution in [0.1, 0.15) is 17.3 Å². The summed E-state index contributed by atoms with van der Waals surface area (Å²) >= 11 is 0. The number of ketones is 1. The Hall–Kier alpha value is -2.25. The Morgan fingerprint density at radius 1 is 1.17 bits per heavy atom. The summed E-state index contributed by atoms with van der Waals surface area (Å²) in [5, 5.41) is 0. The molecule has 0 heterocycles. The summed E-state index contributed by atoms with van der Waals surface area (Å²) in [6, 6.07) is 11.4. The fraction of sp³-hybridized carbons (Fsp3) is 0.188. The van der Waals surface area contributed by atoms with Crippen molar-refractivity contribution in [2.24, 2.45) is 0 Å². The van der Waals surface area contributed by atoms with Gasteiger partial charge >= 0.3 is 0 Å². The Labute approximate surface area is 134 Å². The zero-order valence-corrected chi connectivity index (χ0v) is 13.3. The number of rotatable bonds is 7.